The minimum Gasteiger partial charge on any atom is -0.494 e. The molecule has 2 aromatic carbocycles. The molecule has 3 rings (SSSR count). The first-order chi connectivity index (χ1) is 14.4. The highest BCUT2D eigenvalue weighted by molar-refractivity contribution is 7.14. The van der Waals surface area contributed by atoms with Crippen molar-refractivity contribution < 1.29 is 14.3 Å². The second-order valence-corrected chi connectivity index (χ2v) is 7.85. The van der Waals surface area contributed by atoms with E-state index in [1.54, 1.807) is 24.3 Å². The van der Waals surface area contributed by atoms with Gasteiger partial charge in [-0.25, -0.2) is 4.98 Å². The quantitative estimate of drug-likeness (QED) is 0.509. The highest BCUT2D eigenvalue weighted by Gasteiger charge is 2.18. The molecule has 0 aliphatic carbocycles. The summed E-state index contributed by atoms with van der Waals surface area (Å²) in [6.07, 6.45) is 0.0825. The van der Waals surface area contributed by atoms with Crippen LogP contribution in [0, 0.1) is 0 Å². The molecule has 0 aliphatic rings. The van der Waals surface area contributed by atoms with E-state index >= 15 is 0 Å². The SMILES string of the molecule is CCOc1ccc(-c2csc(NC(=O)CC(NC(C)=O)c3ccc(Cl)cc3)n2)cc1. The number of anilines is 1. The Labute approximate surface area is 184 Å². The van der Waals surface area contributed by atoms with Gasteiger partial charge >= 0.3 is 0 Å². The molecular weight excluding hydrogens is 422 g/mol. The molecule has 0 aliphatic heterocycles. The van der Waals surface area contributed by atoms with E-state index in [0.717, 1.165) is 22.6 Å². The molecule has 2 N–H and O–H groups in total. The number of hydrogen-bond donors (Lipinski definition) is 2. The summed E-state index contributed by atoms with van der Waals surface area (Å²) in [5.74, 6) is 0.349. The van der Waals surface area contributed by atoms with E-state index in [4.69, 9.17) is 16.3 Å². The van der Waals surface area contributed by atoms with Crippen LogP contribution >= 0.6 is 22.9 Å². The van der Waals surface area contributed by atoms with Crippen LogP contribution in [0.25, 0.3) is 11.3 Å². The summed E-state index contributed by atoms with van der Waals surface area (Å²) < 4.78 is 5.45. The number of amides is 2. The number of aromatic nitrogens is 1. The maximum Gasteiger partial charge on any atom is 0.228 e. The number of nitrogens with zero attached hydrogens (tertiary/aromatic N) is 1. The van der Waals surface area contributed by atoms with Crippen molar-refractivity contribution in [1.29, 1.82) is 0 Å². The number of nitrogens with one attached hydrogen (secondary N) is 2. The van der Waals surface area contributed by atoms with Crippen molar-refractivity contribution in [3.05, 3.63) is 64.5 Å². The van der Waals surface area contributed by atoms with Crippen LogP contribution in [-0.4, -0.2) is 23.4 Å². The Kier molecular flexibility index (Phi) is 7.43. The molecule has 0 saturated heterocycles. The summed E-state index contributed by atoms with van der Waals surface area (Å²) in [6, 6.07) is 14.2. The number of hydrogen-bond acceptors (Lipinski definition) is 5. The van der Waals surface area contributed by atoms with E-state index in [-0.39, 0.29) is 18.2 Å². The Bertz CT molecular complexity index is 1000. The van der Waals surface area contributed by atoms with Crippen molar-refractivity contribution in [1.82, 2.24) is 10.3 Å². The third-order valence-electron chi connectivity index (χ3n) is 4.25. The standard InChI is InChI=1S/C22H22ClN3O3S/c1-3-29-18-10-6-16(7-11-18)20-13-30-22(25-20)26-21(28)12-19(24-14(2)27)15-4-8-17(23)9-5-15/h4-11,13,19H,3,12H2,1-2H3,(H,24,27)(H,25,26,28). The first-order valence-electron chi connectivity index (χ1n) is 9.45. The van der Waals surface area contributed by atoms with Crippen LogP contribution in [0.5, 0.6) is 5.75 Å². The van der Waals surface area contributed by atoms with Gasteiger partial charge in [-0.15, -0.1) is 11.3 Å². The normalized spacial score (nSPS) is 11.6. The van der Waals surface area contributed by atoms with E-state index in [9.17, 15) is 9.59 Å². The summed E-state index contributed by atoms with van der Waals surface area (Å²) >= 11 is 7.28. The Hall–Kier alpha value is -2.90. The molecule has 1 atom stereocenters. The number of thiazole rings is 1. The van der Waals surface area contributed by atoms with Gasteiger partial charge in [0.1, 0.15) is 5.75 Å². The Morgan fingerprint density at radius 2 is 1.83 bits per heavy atom. The van der Waals surface area contributed by atoms with Gasteiger partial charge in [-0.1, -0.05) is 23.7 Å². The Morgan fingerprint density at radius 1 is 1.13 bits per heavy atom. The van der Waals surface area contributed by atoms with Gasteiger partial charge in [-0.05, 0) is 48.9 Å². The van der Waals surface area contributed by atoms with Crippen molar-refractivity contribution in [2.45, 2.75) is 26.3 Å². The number of benzene rings is 2. The average molecular weight is 444 g/mol. The van der Waals surface area contributed by atoms with Gasteiger partial charge in [0.2, 0.25) is 11.8 Å². The van der Waals surface area contributed by atoms with Crippen LogP contribution < -0.4 is 15.4 Å². The minimum absolute atomic E-state index is 0.0825. The molecule has 2 amide bonds. The van der Waals surface area contributed by atoms with Gasteiger partial charge in [-0.2, -0.15) is 0 Å². The van der Waals surface area contributed by atoms with Gasteiger partial charge < -0.3 is 15.4 Å². The molecule has 1 unspecified atom stereocenters. The lowest BCUT2D eigenvalue weighted by molar-refractivity contribution is -0.120. The largest absolute Gasteiger partial charge is 0.494 e. The molecule has 8 heteroatoms. The molecule has 1 heterocycles. The summed E-state index contributed by atoms with van der Waals surface area (Å²) in [6.45, 7) is 3.97. The maximum absolute atomic E-state index is 12.6. The van der Waals surface area contributed by atoms with E-state index in [1.807, 2.05) is 36.6 Å². The van der Waals surface area contributed by atoms with E-state index in [0.29, 0.717) is 16.8 Å². The van der Waals surface area contributed by atoms with Crippen molar-refractivity contribution in [2.75, 3.05) is 11.9 Å². The zero-order valence-corrected chi connectivity index (χ0v) is 18.2. The minimum atomic E-state index is -0.453. The average Bonchev–Trinajstić information content (AvgIpc) is 3.17. The topological polar surface area (TPSA) is 80.3 Å². The number of halogens is 1. The number of carbonyl (C=O) groups excluding carboxylic acids is 2. The third kappa shape index (κ3) is 6.05. The second kappa shape index (κ2) is 10.2. The molecule has 3 aromatic rings. The second-order valence-electron chi connectivity index (χ2n) is 6.55. The van der Waals surface area contributed by atoms with Crippen LogP contribution in [0.2, 0.25) is 5.02 Å². The van der Waals surface area contributed by atoms with Crippen LogP contribution in [-0.2, 0) is 9.59 Å². The van der Waals surface area contributed by atoms with Crippen molar-refractivity contribution in [3.8, 4) is 17.0 Å². The highest BCUT2D eigenvalue weighted by Crippen LogP contribution is 2.27. The zero-order valence-electron chi connectivity index (χ0n) is 16.6. The van der Waals surface area contributed by atoms with Crippen molar-refractivity contribution in [3.63, 3.8) is 0 Å². The lowest BCUT2D eigenvalue weighted by atomic mass is 10.0. The predicted octanol–water partition coefficient (Wildman–Crippen LogP) is 5.07. The molecule has 0 spiro atoms. The third-order valence-corrected chi connectivity index (χ3v) is 5.26. The van der Waals surface area contributed by atoms with Gasteiger partial charge in [0, 0.05) is 22.9 Å². The number of ether oxygens (including phenoxy) is 1. The van der Waals surface area contributed by atoms with Crippen molar-refractivity contribution >= 4 is 39.9 Å². The summed E-state index contributed by atoms with van der Waals surface area (Å²) in [5, 5.41) is 8.60. The maximum atomic E-state index is 12.6. The molecular formula is C22H22ClN3O3S. The molecule has 6 nitrogen and oxygen atoms in total. The molecule has 0 radical (unpaired) electrons. The lowest BCUT2D eigenvalue weighted by Crippen LogP contribution is -2.29. The molecule has 0 bridgehead atoms. The predicted molar refractivity (Wildman–Crippen MR) is 120 cm³/mol. The van der Waals surface area contributed by atoms with Gasteiger partial charge in [0.15, 0.2) is 5.13 Å². The molecule has 0 fully saturated rings. The summed E-state index contributed by atoms with van der Waals surface area (Å²) in [4.78, 5) is 28.6. The smallest absolute Gasteiger partial charge is 0.228 e. The summed E-state index contributed by atoms with van der Waals surface area (Å²) in [7, 11) is 0. The fourth-order valence-electron chi connectivity index (χ4n) is 2.90. The lowest BCUT2D eigenvalue weighted by Gasteiger charge is -2.17. The Morgan fingerprint density at radius 3 is 2.47 bits per heavy atom. The van der Waals surface area contributed by atoms with Crippen LogP contribution in [0.15, 0.2) is 53.9 Å². The van der Waals surface area contributed by atoms with Crippen LogP contribution in [0.4, 0.5) is 5.13 Å². The number of rotatable bonds is 8. The van der Waals surface area contributed by atoms with Gasteiger partial charge in [-0.3, -0.25) is 9.59 Å². The number of carbonyl (C=O) groups is 2. The van der Waals surface area contributed by atoms with Gasteiger partial charge in [0.05, 0.1) is 24.8 Å². The molecule has 156 valence electrons. The van der Waals surface area contributed by atoms with Crippen LogP contribution in [0.1, 0.15) is 31.9 Å². The highest BCUT2D eigenvalue weighted by atomic mass is 35.5. The molecule has 30 heavy (non-hydrogen) atoms. The first-order valence-corrected chi connectivity index (χ1v) is 10.7. The van der Waals surface area contributed by atoms with E-state index < -0.39 is 6.04 Å². The van der Waals surface area contributed by atoms with Crippen LogP contribution in [0.3, 0.4) is 0 Å². The molecule has 1 aromatic heterocycles. The first kappa shape index (κ1) is 21.8. The monoisotopic (exact) mass is 443 g/mol. The fourth-order valence-corrected chi connectivity index (χ4v) is 3.76. The van der Waals surface area contributed by atoms with E-state index in [1.165, 1.54) is 18.3 Å². The fraction of sp³-hybridized carbons (Fsp3) is 0.227. The summed E-state index contributed by atoms with van der Waals surface area (Å²) in [5.41, 5.74) is 2.51. The zero-order chi connectivity index (χ0) is 21.5. The van der Waals surface area contributed by atoms with Gasteiger partial charge in [0.25, 0.3) is 0 Å². The van der Waals surface area contributed by atoms with E-state index in [2.05, 4.69) is 15.6 Å². The van der Waals surface area contributed by atoms with Crippen molar-refractivity contribution in [2.24, 2.45) is 0 Å². The molecule has 0 saturated carbocycles. The Balaban J connectivity index is 1.66.